The van der Waals surface area contributed by atoms with Gasteiger partial charge >= 0.3 is 0 Å². The third-order valence-corrected chi connectivity index (χ3v) is 5.23. The summed E-state index contributed by atoms with van der Waals surface area (Å²) in [6.07, 6.45) is 0.430. The largest absolute Gasteiger partial charge is 0.326 e. The molecule has 0 bridgehead atoms. The first kappa shape index (κ1) is 13.1. The fourth-order valence-corrected chi connectivity index (χ4v) is 3.86. The van der Waals surface area contributed by atoms with Crippen molar-refractivity contribution in [1.82, 2.24) is 0 Å². The molecular weight excluding hydrogens is 250 g/mol. The molecule has 0 spiro atoms. The van der Waals surface area contributed by atoms with Crippen LogP contribution in [0.3, 0.4) is 0 Å². The highest BCUT2D eigenvalue weighted by Crippen LogP contribution is 2.23. The van der Waals surface area contributed by atoms with Crippen molar-refractivity contribution < 1.29 is 13.2 Å². The van der Waals surface area contributed by atoms with Crippen LogP contribution in [0.1, 0.15) is 17.5 Å². The quantitative estimate of drug-likeness (QED) is 0.886. The van der Waals surface area contributed by atoms with Gasteiger partial charge in [0.25, 0.3) is 0 Å². The predicted molar refractivity (Wildman–Crippen MR) is 71.3 cm³/mol. The lowest BCUT2D eigenvalue weighted by Gasteiger charge is -2.13. The predicted octanol–water partition coefficient (Wildman–Crippen LogP) is 1.68. The number of nitrogens with one attached hydrogen (secondary N) is 1. The summed E-state index contributed by atoms with van der Waals surface area (Å²) in [5.74, 6) is -0.499. The van der Waals surface area contributed by atoms with Crippen LogP contribution in [0.25, 0.3) is 0 Å². The van der Waals surface area contributed by atoms with Crippen LogP contribution in [0.5, 0.6) is 0 Å². The van der Waals surface area contributed by atoms with Gasteiger partial charge in [-0.3, -0.25) is 4.79 Å². The van der Waals surface area contributed by atoms with Crippen LogP contribution in [-0.2, 0) is 14.6 Å². The monoisotopic (exact) mass is 267 g/mol. The third-order valence-electron chi connectivity index (χ3n) is 3.47. The summed E-state index contributed by atoms with van der Waals surface area (Å²) < 4.78 is 22.7. The molecule has 0 aromatic heterocycles. The molecule has 1 amide bonds. The Bertz CT molecular complexity index is 578. The summed E-state index contributed by atoms with van der Waals surface area (Å²) in [5.41, 5.74) is 2.89. The average Bonchev–Trinajstić information content (AvgIpc) is 2.65. The number of hydrogen-bond donors (Lipinski definition) is 1. The van der Waals surface area contributed by atoms with Crippen LogP contribution in [-0.4, -0.2) is 25.8 Å². The summed E-state index contributed by atoms with van der Waals surface area (Å²) in [7, 11) is -3.01. The third kappa shape index (κ3) is 2.72. The molecular formula is C13H17NO3S. The number of rotatable bonds is 2. The second-order valence-electron chi connectivity index (χ2n) is 4.84. The summed E-state index contributed by atoms with van der Waals surface area (Å²) in [5, 5.41) is 2.83. The van der Waals surface area contributed by atoms with Crippen LogP contribution in [0, 0.1) is 19.8 Å². The number of benzene rings is 1. The lowest BCUT2D eigenvalue weighted by atomic mass is 10.1. The van der Waals surface area contributed by atoms with Crippen molar-refractivity contribution in [1.29, 1.82) is 0 Å². The molecule has 1 aromatic rings. The SMILES string of the molecule is Cc1cccc(NC(=O)[C@@H]2CCS(=O)(=O)C2)c1C. The maximum absolute atomic E-state index is 12.0. The zero-order chi connectivity index (χ0) is 13.3. The van der Waals surface area contributed by atoms with E-state index in [2.05, 4.69) is 5.32 Å². The van der Waals surface area contributed by atoms with Crippen molar-refractivity contribution in [2.24, 2.45) is 5.92 Å². The van der Waals surface area contributed by atoms with Crippen molar-refractivity contribution in [3.05, 3.63) is 29.3 Å². The maximum atomic E-state index is 12.0. The lowest BCUT2D eigenvalue weighted by Crippen LogP contribution is -2.24. The van der Waals surface area contributed by atoms with E-state index in [1.807, 2.05) is 32.0 Å². The first-order chi connectivity index (χ1) is 8.39. The molecule has 1 fully saturated rings. The van der Waals surface area contributed by atoms with Gasteiger partial charge in [-0.25, -0.2) is 8.42 Å². The zero-order valence-corrected chi connectivity index (χ0v) is 11.4. The molecule has 1 saturated heterocycles. The highest BCUT2D eigenvalue weighted by molar-refractivity contribution is 7.91. The van der Waals surface area contributed by atoms with Crippen LogP contribution in [0.15, 0.2) is 18.2 Å². The van der Waals surface area contributed by atoms with E-state index in [0.717, 1.165) is 16.8 Å². The summed E-state index contributed by atoms with van der Waals surface area (Å²) >= 11 is 0. The van der Waals surface area contributed by atoms with Crippen molar-refractivity contribution in [3.8, 4) is 0 Å². The van der Waals surface area contributed by atoms with Gasteiger partial charge < -0.3 is 5.32 Å². The van der Waals surface area contributed by atoms with Crippen LogP contribution in [0.4, 0.5) is 5.69 Å². The Kier molecular flexibility index (Phi) is 3.43. The van der Waals surface area contributed by atoms with Crippen LogP contribution >= 0.6 is 0 Å². The van der Waals surface area contributed by atoms with E-state index in [9.17, 15) is 13.2 Å². The Labute approximate surface area is 107 Å². The molecule has 0 radical (unpaired) electrons. The molecule has 1 aromatic carbocycles. The minimum absolute atomic E-state index is 0.0241. The molecule has 1 atom stereocenters. The zero-order valence-electron chi connectivity index (χ0n) is 10.6. The van der Waals surface area contributed by atoms with Gasteiger partial charge in [0, 0.05) is 5.69 Å². The second kappa shape index (κ2) is 4.72. The van der Waals surface area contributed by atoms with Gasteiger partial charge in [0.2, 0.25) is 5.91 Å². The molecule has 1 aliphatic heterocycles. The highest BCUT2D eigenvalue weighted by Gasteiger charge is 2.33. The van der Waals surface area contributed by atoms with E-state index in [1.165, 1.54) is 0 Å². The number of sulfone groups is 1. The summed E-state index contributed by atoms with van der Waals surface area (Å²) in [6.45, 7) is 3.92. The van der Waals surface area contributed by atoms with E-state index in [1.54, 1.807) is 0 Å². The summed E-state index contributed by atoms with van der Waals surface area (Å²) in [4.78, 5) is 12.0. The van der Waals surface area contributed by atoms with Gasteiger partial charge in [-0.05, 0) is 37.5 Å². The van der Waals surface area contributed by atoms with Crippen LogP contribution < -0.4 is 5.32 Å². The van der Waals surface area contributed by atoms with E-state index < -0.39 is 15.8 Å². The molecule has 0 saturated carbocycles. The molecule has 18 heavy (non-hydrogen) atoms. The molecule has 0 aliphatic carbocycles. The van der Waals surface area contributed by atoms with Gasteiger partial charge in [0.1, 0.15) is 0 Å². The normalized spacial score (nSPS) is 21.8. The standard InChI is InChI=1S/C13H17NO3S/c1-9-4-3-5-12(10(9)2)14-13(15)11-6-7-18(16,17)8-11/h3-5,11H,6-8H2,1-2H3,(H,14,15)/t11-/m1/s1. The number of aryl methyl sites for hydroxylation is 1. The molecule has 98 valence electrons. The van der Waals surface area contributed by atoms with Crippen molar-refractivity contribution >= 4 is 21.4 Å². The topological polar surface area (TPSA) is 63.2 Å². The molecule has 2 rings (SSSR count). The van der Waals surface area contributed by atoms with E-state index in [-0.39, 0.29) is 17.4 Å². The number of carbonyl (C=O) groups excluding carboxylic acids is 1. The van der Waals surface area contributed by atoms with E-state index in [0.29, 0.717) is 6.42 Å². The van der Waals surface area contributed by atoms with Crippen molar-refractivity contribution in [3.63, 3.8) is 0 Å². The van der Waals surface area contributed by atoms with Gasteiger partial charge in [0.15, 0.2) is 9.84 Å². The van der Waals surface area contributed by atoms with Crippen molar-refractivity contribution in [2.75, 3.05) is 16.8 Å². The Morgan fingerprint density at radius 1 is 1.33 bits per heavy atom. The minimum Gasteiger partial charge on any atom is -0.326 e. The first-order valence-corrected chi connectivity index (χ1v) is 7.79. The van der Waals surface area contributed by atoms with Gasteiger partial charge in [-0.1, -0.05) is 12.1 Å². The highest BCUT2D eigenvalue weighted by atomic mass is 32.2. The average molecular weight is 267 g/mol. The molecule has 1 N–H and O–H groups in total. The van der Waals surface area contributed by atoms with Gasteiger partial charge in [0.05, 0.1) is 17.4 Å². The van der Waals surface area contributed by atoms with E-state index in [4.69, 9.17) is 0 Å². The number of anilines is 1. The first-order valence-electron chi connectivity index (χ1n) is 5.96. The molecule has 5 heteroatoms. The second-order valence-corrected chi connectivity index (χ2v) is 7.07. The fourth-order valence-electron chi connectivity index (χ4n) is 2.12. The Balaban J connectivity index is 2.11. The molecule has 4 nitrogen and oxygen atoms in total. The minimum atomic E-state index is -3.01. The number of carbonyl (C=O) groups is 1. The molecule has 1 heterocycles. The van der Waals surface area contributed by atoms with E-state index >= 15 is 0 Å². The summed E-state index contributed by atoms with van der Waals surface area (Å²) in [6, 6.07) is 5.69. The fraction of sp³-hybridized carbons (Fsp3) is 0.462. The molecule has 1 aliphatic rings. The number of hydrogen-bond acceptors (Lipinski definition) is 3. The Hall–Kier alpha value is -1.36. The number of amides is 1. The van der Waals surface area contributed by atoms with Crippen molar-refractivity contribution in [2.45, 2.75) is 20.3 Å². The lowest BCUT2D eigenvalue weighted by molar-refractivity contribution is -0.119. The Morgan fingerprint density at radius 2 is 2.06 bits per heavy atom. The van der Waals surface area contributed by atoms with Gasteiger partial charge in [-0.2, -0.15) is 0 Å². The Morgan fingerprint density at radius 3 is 2.67 bits per heavy atom. The van der Waals surface area contributed by atoms with Crippen LogP contribution in [0.2, 0.25) is 0 Å². The smallest absolute Gasteiger partial charge is 0.228 e. The maximum Gasteiger partial charge on any atom is 0.228 e. The molecule has 0 unspecified atom stereocenters. The van der Waals surface area contributed by atoms with Gasteiger partial charge in [-0.15, -0.1) is 0 Å².